The number of primary sulfonamides is 1. The largest absolute Gasteiger partial charge is 0.396 e. The van der Waals surface area contributed by atoms with Gasteiger partial charge in [-0.05, 0) is 18.2 Å². The van der Waals surface area contributed by atoms with E-state index in [1.165, 1.54) is 6.07 Å². The molecular weight excluding hydrogens is 386 g/mol. The number of hydrogen-bond acceptors (Lipinski definition) is 6. The molecule has 0 aliphatic carbocycles. The number of sulfonamides is 1. The van der Waals surface area contributed by atoms with Crippen LogP contribution in [0.2, 0.25) is 0 Å². The van der Waals surface area contributed by atoms with Gasteiger partial charge in [-0.15, -0.1) is 0 Å². The topological polar surface area (TPSA) is 123 Å². The normalized spacial score (nSPS) is 11.3. The van der Waals surface area contributed by atoms with Crippen molar-refractivity contribution < 1.29 is 8.42 Å². The number of fused-ring (bicyclic) bond motifs is 1. The lowest BCUT2D eigenvalue weighted by molar-refractivity contribution is 0.598. The number of rotatable bonds is 5. The maximum Gasteiger partial charge on any atom is 0.238 e. The van der Waals surface area contributed by atoms with Crippen LogP contribution >= 0.6 is 0 Å². The van der Waals surface area contributed by atoms with E-state index in [1.807, 2.05) is 42.5 Å². The molecule has 1 heterocycles. The van der Waals surface area contributed by atoms with Crippen LogP contribution in [0.15, 0.2) is 83.9 Å². The number of benzene rings is 3. The van der Waals surface area contributed by atoms with Crippen molar-refractivity contribution >= 4 is 37.9 Å². The Balaban J connectivity index is 1.62. The zero-order valence-corrected chi connectivity index (χ0v) is 16.1. The van der Waals surface area contributed by atoms with Gasteiger partial charge in [0.1, 0.15) is 0 Å². The molecule has 7 nitrogen and oxygen atoms in total. The van der Waals surface area contributed by atoms with Crippen molar-refractivity contribution in [3.05, 3.63) is 79.0 Å². The maximum atomic E-state index is 12.0. The fourth-order valence-corrected chi connectivity index (χ4v) is 3.86. The van der Waals surface area contributed by atoms with Crippen molar-refractivity contribution in [1.29, 1.82) is 0 Å². The molecule has 0 amide bonds. The smallest absolute Gasteiger partial charge is 0.238 e. The van der Waals surface area contributed by atoms with Crippen molar-refractivity contribution in [2.75, 3.05) is 16.6 Å². The van der Waals surface area contributed by atoms with Gasteiger partial charge in [-0.1, -0.05) is 54.6 Å². The molecule has 0 bridgehead atoms. The van der Waals surface area contributed by atoms with E-state index in [9.17, 15) is 8.42 Å². The first kappa shape index (κ1) is 18.7. The minimum atomic E-state index is -3.92. The second-order valence-corrected chi connectivity index (χ2v) is 8.00. The average Bonchev–Trinajstić information content (AvgIpc) is 2.73. The molecule has 0 unspecified atom stereocenters. The van der Waals surface area contributed by atoms with E-state index in [0.29, 0.717) is 27.8 Å². The first-order chi connectivity index (χ1) is 13.9. The number of anilines is 3. The van der Waals surface area contributed by atoms with Gasteiger partial charge in [-0.3, -0.25) is 15.8 Å². The third kappa shape index (κ3) is 3.84. The molecule has 29 heavy (non-hydrogen) atoms. The summed E-state index contributed by atoms with van der Waals surface area (Å²) in [6.07, 6.45) is 1.67. The summed E-state index contributed by atoms with van der Waals surface area (Å²) in [6, 6.07) is 22.0. The summed E-state index contributed by atoms with van der Waals surface area (Å²) in [5, 5.41) is 6.47. The highest BCUT2D eigenvalue weighted by atomic mass is 32.2. The number of nitrogens with zero attached hydrogens (tertiary/aromatic N) is 1. The molecule has 0 saturated carbocycles. The van der Waals surface area contributed by atoms with Gasteiger partial charge in [0, 0.05) is 16.3 Å². The van der Waals surface area contributed by atoms with E-state index in [2.05, 4.69) is 15.8 Å². The summed E-state index contributed by atoms with van der Waals surface area (Å²) >= 11 is 0. The van der Waals surface area contributed by atoms with Crippen molar-refractivity contribution in [2.24, 2.45) is 5.14 Å². The van der Waals surface area contributed by atoms with E-state index in [0.717, 1.165) is 11.3 Å². The Kier molecular flexibility index (Phi) is 4.79. The fraction of sp³-hybridized carbons (Fsp3) is 0. The summed E-state index contributed by atoms with van der Waals surface area (Å²) in [5.41, 5.74) is 15.6. The van der Waals surface area contributed by atoms with Crippen molar-refractivity contribution in [3.8, 4) is 11.3 Å². The highest BCUT2D eigenvalue weighted by Crippen LogP contribution is 2.34. The van der Waals surface area contributed by atoms with Crippen LogP contribution in [0.1, 0.15) is 0 Å². The molecule has 4 aromatic rings. The molecule has 146 valence electrons. The molecule has 0 aliphatic heterocycles. The lowest BCUT2D eigenvalue weighted by Crippen LogP contribution is -2.16. The van der Waals surface area contributed by atoms with E-state index < -0.39 is 10.0 Å². The van der Waals surface area contributed by atoms with E-state index in [1.54, 1.807) is 30.5 Å². The highest BCUT2D eigenvalue weighted by molar-refractivity contribution is 7.89. The molecule has 0 atom stereocenters. The second kappa shape index (κ2) is 7.42. The first-order valence-electron chi connectivity index (χ1n) is 8.81. The van der Waals surface area contributed by atoms with Gasteiger partial charge in [0.2, 0.25) is 10.0 Å². The van der Waals surface area contributed by atoms with Crippen LogP contribution in [0.25, 0.3) is 22.0 Å². The summed E-state index contributed by atoms with van der Waals surface area (Å²) in [7, 11) is -3.92. The number of nitrogens with two attached hydrogens (primary N) is 2. The Bertz CT molecular complexity index is 1270. The Morgan fingerprint density at radius 2 is 1.52 bits per heavy atom. The minimum Gasteiger partial charge on any atom is -0.396 e. The van der Waals surface area contributed by atoms with Crippen molar-refractivity contribution in [3.63, 3.8) is 0 Å². The van der Waals surface area contributed by atoms with Gasteiger partial charge >= 0.3 is 0 Å². The van der Waals surface area contributed by atoms with Gasteiger partial charge in [-0.25, -0.2) is 13.6 Å². The van der Waals surface area contributed by atoms with Crippen molar-refractivity contribution in [2.45, 2.75) is 4.90 Å². The molecule has 0 spiro atoms. The Hall–Kier alpha value is -3.62. The van der Waals surface area contributed by atoms with Crippen LogP contribution in [0.4, 0.5) is 17.1 Å². The average molecular weight is 405 g/mol. The Labute approximate surface area is 168 Å². The van der Waals surface area contributed by atoms with Gasteiger partial charge in [0.25, 0.3) is 0 Å². The summed E-state index contributed by atoms with van der Waals surface area (Å²) < 4.78 is 24.1. The highest BCUT2D eigenvalue weighted by Gasteiger charge is 2.17. The first-order valence-corrected chi connectivity index (χ1v) is 10.4. The molecule has 4 rings (SSSR count). The maximum absolute atomic E-state index is 12.0. The molecule has 1 aromatic heterocycles. The predicted octanol–water partition coefficient (Wildman–Crippen LogP) is 3.57. The lowest BCUT2D eigenvalue weighted by Gasteiger charge is -2.16. The molecule has 8 heteroatoms. The molecule has 0 fully saturated rings. The molecule has 6 N–H and O–H groups in total. The summed E-state index contributed by atoms with van der Waals surface area (Å²) in [4.78, 5) is 4.44. The zero-order chi connectivity index (χ0) is 20.4. The number of pyridine rings is 1. The van der Waals surface area contributed by atoms with Crippen LogP contribution < -0.4 is 21.7 Å². The van der Waals surface area contributed by atoms with E-state index >= 15 is 0 Å². The molecule has 0 radical (unpaired) electrons. The van der Waals surface area contributed by atoms with Crippen LogP contribution in [0, 0.1) is 0 Å². The third-order valence-electron chi connectivity index (χ3n) is 4.53. The monoisotopic (exact) mass is 405 g/mol. The summed E-state index contributed by atoms with van der Waals surface area (Å²) in [5.74, 6) is 0. The number of nitrogens with one attached hydrogen (secondary N) is 2. The SMILES string of the molecule is Nc1c(NNc2ccc(-c3ccccc3)nc2)cc(S(N)(=O)=O)c2ccccc12. The summed E-state index contributed by atoms with van der Waals surface area (Å²) in [6.45, 7) is 0. The molecule has 3 aromatic carbocycles. The number of aromatic nitrogens is 1. The Morgan fingerprint density at radius 3 is 2.17 bits per heavy atom. The number of hydrogen-bond donors (Lipinski definition) is 4. The molecule has 0 aliphatic rings. The van der Waals surface area contributed by atoms with Crippen LogP contribution in [0.5, 0.6) is 0 Å². The second-order valence-electron chi connectivity index (χ2n) is 6.47. The Morgan fingerprint density at radius 1 is 0.828 bits per heavy atom. The number of nitrogen functional groups attached to an aromatic ring is 1. The predicted molar refractivity (Wildman–Crippen MR) is 117 cm³/mol. The van der Waals surface area contributed by atoms with Crippen LogP contribution in [0.3, 0.4) is 0 Å². The minimum absolute atomic E-state index is 0.00384. The molecule has 0 saturated heterocycles. The quantitative estimate of drug-likeness (QED) is 0.297. The van der Waals surface area contributed by atoms with Crippen LogP contribution in [-0.2, 0) is 10.0 Å². The van der Waals surface area contributed by atoms with Gasteiger partial charge in [0.05, 0.1) is 33.8 Å². The fourth-order valence-electron chi connectivity index (χ4n) is 3.09. The lowest BCUT2D eigenvalue weighted by atomic mass is 10.1. The number of hydrazine groups is 1. The van der Waals surface area contributed by atoms with Crippen molar-refractivity contribution in [1.82, 2.24) is 4.98 Å². The van der Waals surface area contributed by atoms with E-state index in [4.69, 9.17) is 10.9 Å². The van der Waals surface area contributed by atoms with Gasteiger partial charge < -0.3 is 5.73 Å². The van der Waals surface area contributed by atoms with E-state index in [-0.39, 0.29) is 4.90 Å². The standard InChI is InChI=1S/C21H19N5O2S/c22-21-17-9-5-4-8-16(17)20(29(23,27)28)12-19(21)26-25-15-10-11-18(24-13-15)14-6-2-1-3-7-14/h1-13,25-26H,22H2,(H2,23,27,28). The van der Waals surface area contributed by atoms with Crippen LogP contribution in [-0.4, -0.2) is 13.4 Å². The third-order valence-corrected chi connectivity index (χ3v) is 5.48. The zero-order valence-electron chi connectivity index (χ0n) is 15.3. The molecular formula is C21H19N5O2S. The van der Waals surface area contributed by atoms with Gasteiger partial charge in [0.15, 0.2) is 0 Å². The van der Waals surface area contributed by atoms with Gasteiger partial charge in [-0.2, -0.15) is 0 Å².